The van der Waals surface area contributed by atoms with Crippen molar-refractivity contribution in [1.29, 1.82) is 0 Å². The fourth-order valence-electron chi connectivity index (χ4n) is 3.45. The van der Waals surface area contributed by atoms with Gasteiger partial charge in [0.25, 0.3) is 6.43 Å². The summed E-state index contributed by atoms with van der Waals surface area (Å²) in [7, 11) is 0. The number of H-pyrrole nitrogens is 1. The summed E-state index contributed by atoms with van der Waals surface area (Å²) in [5.74, 6) is 0.859. The molecule has 0 spiro atoms. The lowest BCUT2D eigenvalue weighted by Gasteiger charge is -2.11. The lowest BCUT2D eigenvalue weighted by Crippen LogP contribution is -2.24. The second kappa shape index (κ2) is 6.97. The Morgan fingerprint density at radius 1 is 1.44 bits per heavy atom. The lowest BCUT2D eigenvalue weighted by atomic mass is 10.1. The fraction of sp³-hybridized carbons (Fsp3) is 0.600. The Hall–Kier alpha value is -1.58. The van der Waals surface area contributed by atoms with Crippen LogP contribution in [0.15, 0.2) is 6.33 Å². The molecule has 2 aliphatic rings. The maximum Gasteiger partial charge on any atom is 0.255 e. The molecule has 0 saturated heterocycles. The molecule has 0 amide bonds. The third-order valence-electron chi connectivity index (χ3n) is 4.85. The lowest BCUT2D eigenvalue weighted by molar-refractivity contribution is 0.0196. The molecule has 2 aliphatic carbocycles. The van der Waals surface area contributed by atoms with E-state index in [0.717, 1.165) is 6.42 Å². The van der Waals surface area contributed by atoms with Gasteiger partial charge in [0.15, 0.2) is 16.6 Å². The number of aromatic amines is 1. The first-order valence-corrected chi connectivity index (χ1v) is 8.25. The van der Waals surface area contributed by atoms with Crippen LogP contribution in [-0.2, 0) is 0 Å². The molecule has 0 aromatic carbocycles. The molecule has 0 aliphatic heterocycles. The SMILES string of the molecule is CC1C2CC(O)C(O)C12.Fc1c(Cl)nc2nc[nH]c2c1NCC(F)F. The zero-order valence-corrected chi connectivity index (χ0v) is 14.0. The first-order valence-electron chi connectivity index (χ1n) is 7.87. The standard InChI is InChI=1S/C8H6ClF3N4.C7H12O2/c9-7-4(12)5(13-1-3(10)11)6-8(16-7)15-2-14-6;1-3-4-2-5(8)7(9)6(3)4/h2-3H,1H2,(H2,13,14,15,16);3-9H,2H2,1H3. The van der Waals surface area contributed by atoms with Gasteiger partial charge in [-0.15, -0.1) is 0 Å². The summed E-state index contributed by atoms with van der Waals surface area (Å²) < 4.78 is 37.5. The van der Waals surface area contributed by atoms with Gasteiger partial charge in [-0.2, -0.15) is 0 Å². The summed E-state index contributed by atoms with van der Waals surface area (Å²) in [5, 5.41) is 20.2. The Kier molecular flexibility index (Phi) is 5.08. The maximum atomic E-state index is 13.5. The van der Waals surface area contributed by atoms with Crippen molar-refractivity contribution in [3.8, 4) is 0 Å². The van der Waals surface area contributed by atoms with E-state index in [-0.39, 0.29) is 16.9 Å². The molecule has 2 aromatic heterocycles. The van der Waals surface area contributed by atoms with Gasteiger partial charge >= 0.3 is 0 Å². The molecule has 6 nitrogen and oxygen atoms in total. The van der Waals surface area contributed by atoms with E-state index >= 15 is 0 Å². The van der Waals surface area contributed by atoms with Crippen LogP contribution >= 0.6 is 11.6 Å². The summed E-state index contributed by atoms with van der Waals surface area (Å²) in [6, 6.07) is 0. The van der Waals surface area contributed by atoms with Crippen molar-refractivity contribution in [2.45, 2.75) is 32.0 Å². The van der Waals surface area contributed by atoms with E-state index in [4.69, 9.17) is 16.7 Å². The van der Waals surface area contributed by atoms with E-state index in [9.17, 15) is 18.3 Å². The molecule has 138 valence electrons. The number of nitrogens with one attached hydrogen (secondary N) is 2. The summed E-state index contributed by atoms with van der Waals surface area (Å²) in [6.45, 7) is 1.47. The molecule has 5 unspecified atom stereocenters. The molecule has 4 N–H and O–H groups in total. The number of alkyl halides is 2. The van der Waals surface area contributed by atoms with Crippen LogP contribution < -0.4 is 5.32 Å². The van der Waals surface area contributed by atoms with Gasteiger partial charge in [0, 0.05) is 0 Å². The largest absolute Gasteiger partial charge is 0.390 e. The topological polar surface area (TPSA) is 94.1 Å². The van der Waals surface area contributed by atoms with Gasteiger partial charge in [0.2, 0.25) is 0 Å². The van der Waals surface area contributed by atoms with E-state index in [1.807, 2.05) is 0 Å². The van der Waals surface area contributed by atoms with Gasteiger partial charge in [0.05, 0.1) is 25.1 Å². The normalized spacial score (nSPS) is 30.2. The molecule has 5 atom stereocenters. The fourth-order valence-corrected chi connectivity index (χ4v) is 3.62. The summed E-state index contributed by atoms with van der Waals surface area (Å²) in [4.78, 5) is 10.0. The van der Waals surface area contributed by atoms with E-state index in [0.29, 0.717) is 17.8 Å². The Morgan fingerprint density at radius 2 is 2.16 bits per heavy atom. The van der Waals surface area contributed by atoms with Crippen molar-refractivity contribution in [2.75, 3.05) is 11.9 Å². The number of anilines is 1. The average molecular weight is 379 g/mol. The number of imidazole rings is 1. The molecule has 2 aromatic rings. The maximum absolute atomic E-state index is 13.5. The van der Waals surface area contributed by atoms with Crippen LogP contribution in [0.5, 0.6) is 0 Å². The third-order valence-corrected chi connectivity index (χ3v) is 5.10. The van der Waals surface area contributed by atoms with Gasteiger partial charge in [-0.05, 0) is 24.2 Å². The molecule has 0 bridgehead atoms. The van der Waals surface area contributed by atoms with E-state index in [1.165, 1.54) is 6.33 Å². The van der Waals surface area contributed by atoms with Crippen molar-refractivity contribution >= 4 is 28.5 Å². The van der Waals surface area contributed by atoms with Gasteiger partial charge in [0.1, 0.15) is 11.2 Å². The monoisotopic (exact) mass is 378 g/mol. The van der Waals surface area contributed by atoms with Gasteiger partial charge in [-0.3, -0.25) is 0 Å². The Balaban J connectivity index is 0.000000170. The number of aromatic nitrogens is 3. The van der Waals surface area contributed by atoms with Gasteiger partial charge in [-0.25, -0.2) is 23.1 Å². The number of hydrogen-bond donors (Lipinski definition) is 4. The average Bonchev–Trinajstić information content (AvgIpc) is 2.87. The molecule has 2 heterocycles. The second-order valence-electron chi connectivity index (χ2n) is 6.36. The van der Waals surface area contributed by atoms with Gasteiger partial charge < -0.3 is 20.5 Å². The predicted molar refractivity (Wildman–Crippen MR) is 86.1 cm³/mol. The Labute approximate surface area is 146 Å². The van der Waals surface area contributed by atoms with Crippen LogP contribution in [0, 0.1) is 23.6 Å². The second-order valence-corrected chi connectivity index (χ2v) is 6.72. The number of aliphatic hydroxyl groups is 2. The van der Waals surface area contributed by atoms with E-state index in [1.54, 1.807) is 0 Å². The highest BCUT2D eigenvalue weighted by Gasteiger charge is 2.58. The molecule has 10 heteroatoms. The minimum Gasteiger partial charge on any atom is -0.390 e. The number of halogens is 4. The van der Waals surface area contributed by atoms with Crippen molar-refractivity contribution in [2.24, 2.45) is 17.8 Å². The number of aliphatic hydroxyl groups excluding tert-OH is 2. The van der Waals surface area contributed by atoms with E-state index in [2.05, 4.69) is 27.2 Å². The quantitative estimate of drug-likeness (QED) is 0.615. The first-order chi connectivity index (χ1) is 11.8. The molecule has 2 saturated carbocycles. The first kappa shape index (κ1) is 18.2. The molecular formula is C15H18ClF3N4O2. The number of fused-ring (bicyclic) bond motifs is 2. The highest BCUT2D eigenvalue weighted by Crippen LogP contribution is 2.57. The van der Waals surface area contributed by atoms with Crippen LogP contribution in [0.2, 0.25) is 5.15 Å². The summed E-state index contributed by atoms with van der Waals surface area (Å²) in [5.41, 5.74) is 0.235. The number of rotatable bonds is 3. The van der Waals surface area contributed by atoms with Crippen LogP contribution in [0.25, 0.3) is 11.2 Å². The molecule has 0 radical (unpaired) electrons. The minimum atomic E-state index is -2.59. The molecule has 2 fully saturated rings. The zero-order chi connectivity index (χ0) is 18.3. The van der Waals surface area contributed by atoms with Crippen molar-refractivity contribution in [3.63, 3.8) is 0 Å². The van der Waals surface area contributed by atoms with Crippen molar-refractivity contribution in [1.82, 2.24) is 15.0 Å². The van der Waals surface area contributed by atoms with Crippen molar-refractivity contribution < 1.29 is 23.4 Å². The summed E-state index contributed by atoms with van der Waals surface area (Å²) >= 11 is 5.50. The third kappa shape index (κ3) is 3.54. The van der Waals surface area contributed by atoms with Crippen LogP contribution in [0.3, 0.4) is 0 Å². The molecular weight excluding hydrogens is 361 g/mol. The minimum absolute atomic E-state index is 0.146. The predicted octanol–water partition coefficient (Wildman–Crippen LogP) is 2.42. The highest BCUT2D eigenvalue weighted by molar-refractivity contribution is 6.30. The number of hydrogen-bond acceptors (Lipinski definition) is 5. The Morgan fingerprint density at radius 3 is 2.72 bits per heavy atom. The van der Waals surface area contributed by atoms with Gasteiger partial charge in [-0.1, -0.05) is 18.5 Å². The van der Waals surface area contributed by atoms with Crippen LogP contribution in [0.4, 0.5) is 18.9 Å². The van der Waals surface area contributed by atoms with Crippen LogP contribution in [-0.4, -0.2) is 50.3 Å². The number of pyridine rings is 1. The van der Waals surface area contributed by atoms with Crippen LogP contribution in [0.1, 0.15) is 13.3 Å². The summed E-state index contributed by atoms with van der Waals surface area (Å²) in [6.07, 6.45) is -1.32. The molecule has 4 rings (SSSR count). The smallest absolute Gasteiger partial charge is 0.255 e. The molecule has 25 heavy (non-hydrogen) atoms. The Bertz CT molecular complexity index is 760. The van der Waals surface area contributed by atoms with Crippen molar-refractivity contribution in [3.05, 3.63) is 17.3 Å². The highest BCUT2D eigenvalue weighted by atomic mass is 35.5. The number of nitrogens with zero attached hydrogens (tertiary/aromatic N) is 2. The zero-order valence-electron chi connectivity index (χ0n) is 13.3. The van der Waals surface area contributed by atoms with E-state index < -0.39 is 36.1 Å².